The Bertz CT molecular complexity index is 470. The van der Waals surface area contributed by atoms with Crippen LogP contribution >= 0.6 is 27.7 Å². The molecule has 0 saturated carbocycles. The Labute approximate surface area is 114 Å². The molecule has 1 aromatic heterocycles. The van der Waals surface area contributed by atoms with E-state index in [1.54, 1.807) is 18.0 Å². The molecule has 0 unspecified atom stereocenters. The lowest BCUT2D eigenvalue weighted by atomic mass is 10.1. The number of thioether (sulfide) groups is 1. The summed E-state index contributed by atoms with van der Waals surface area (Å²) in [4.78, 5) is 1.27. The molecule has 0 amide bonds. The van der Waals surface area contributed by atoms with Crippen LogP contribution in [0.25, 0.3) is 0 Å². The van der Waals surface area contributed by atoms with Crippen molar-refractivity contribution in [3.63, 3.8) is 0 Å². The minimum atomic E-state index is 0.671. The molecule has 90 valence electrons. The summed E-state index contributed by atoms with van der Waals surface area (Å²) in [5.74, 6) is 1.85. The fourth-order valence-corrected chi connectivity index (χ4v) is 2.96. The molecule has 0 fully saturated rings. The second kappa shape index (κ2) is 6.28. The van der Waals surface area contributed by atoms with Gasteiger partial charge >= 0.3 is 0 Å². The van der Waals surface area contributed by atoms with E-state index < -0.39 is 0 Å². The van der Waals surface area contributed by atoms with Crippen molar-refractivity contribution < 1.29 is 4.42 Å². The van der Waals surface area contributed by atoms with Crippen LogP contribution < -0.4 is 5.73 Å². The van der Waals surface area contributed by atoms with Gasteiger partial charge in [0, 0.05) is 9.37 Å². The van der Waals surface area contributed by atoms with E-state index in [2.05, 4.69) is 34.1 Å². The lowest BCUT2D eigenvalue weighted by Crippen LogP contribution is -2.03. The maximum Gasteiger partial charge on any atom is 0.113 e. The predicted molar refractivity (Wildman–Crippen MR) is 75.2 cm³/mol. The van der Waals surface area contributed by atoms with E-state index in [9.17, 15) is 0 Å². The lowest BCUT2D eigenvalue weighted by Gasteiger charge is -2.08. The summed E-state index contributed by atoms with van der Waals surface area (Å²) in [5.41, 5.74) is 6.92. The van der Waals surface area contributed by atoms with Crippen LogP contribution in [0.15, 0.2) is 50.4 Å². The first-order valence-corrected chi connectivity index (χ1v) is 7.21. The molecule has 2 N–H and O–H groups in total. The van der Waals surface area contributed by atoms with E-state index in [-0.39, 0.29) is 0 Å². The number of nitrogens with two attached hydrogens (primary N) is 1. The van der Waals surface area contributed by atoms with Crippen molar-refractivity contribution in [1.29, 1.82) is 0 Å². The summed E-state index contributed by atoms with van der Waals surface area (Å²) in [6.45, 7) is 0.671. The van der Waals surface area contributed by atoms with Crippen molar-refractivity contribution in [3.05, 3.63) is 52.4 Å². The van der Waals surface area contributed by atoms with Crippen LogP contribution in [0.5, 0.6) is 0 Å². The third-order valence-corrected chi connectivity index (χ3v) is 4.02. The average Bonchev–Trinajstić information content (AvgIpc) is 2.81. The number of hydrogen-bond donors (Lipinski definition) is 1. The topological polar surface area (TPSA) is 39.2 Å². The second-order valence-electron chi connectivity index (χ2n) is 3.66. The van der Waals surface area contributed by atoms with Crippen molar-refractivity contribution in [2.75, 3.05) is 6.54 Å². The van der Waals surface area contributed by atoms with Gasteiger partial charge < -0.3 is 10.2 Å². The van der Waals surface area contributed by atoms with Gasteiger partial charge in [-0.1, -0.05) is 15.9 Å². The van der Waals surface area contributed by atoms with Crippen molar-refractivity contribution in [2.45, 2.75) is 17.1 Å². The van der Waals surface area contributed by atoms with Gasteiger partial charge in [-0.15, -0.1) is 11.8 Å². The average molecular weight is 312 g/mol. The maximum absolute atomic E-state index is 5.63. The second-order valence-corrected chi connectivity index (χ2v) is 5.59. The zero-order chi connectivity index (χ0) is 12.1. The fraction of sp³-hybridized carbons (Fsp3) is 0.231. The van der Waals surface area contributed by atoms with E-state index in [4.69, 9.17) is 10.2 Å². The van der Waals surface area contributed by atoms with Gasteiger partial charge in [0.2, 0.25) is 0 Å². The smallest absolute Gasteiger partial charge is 0.113 e. The summed E-state index contributed by atoms with van der Waals surface area (Å²) in [6.07, 6.45) is 2.61. The van der Waals surface area contributed by atoms with E-state index >= 15 is 0 Å². The first-order chi connectivity index (χ1) is 8.29. The number of rotatable bonds is 5. The number of benzene rings is 1. The van der Waals surface area contributed by atoms with Crippen molar-refractivity contribution in [3.8, 4) is 0 Å². The third-order valence-electron chi connectivity index (χ3n) is 2.39. The predicted octanol–water partition coefficient (Wildman–Crippen LogP) is 3.84. The minimum absolute atomic E-state index is 0.671. The molecule has 2 rings (SSSR count). The van der Waals surface area contributed by atoms with E-state index in [1.165, 1.54) is 10.5 Å². The van der Waals surface area contributed by atoms with Crippen molar-refractivity contribution >= 4 is 27.7 Å². The molecule has 17 heavy (non-hydrogen) atoms. The van der Waals surface area contributed by atoms with Gasteiger partial charge in [-0.2, -0.15) is 0 Å². The lowest BCUT2D eigenvalue weighted by molar-refractivity contribution is 0.530. The van der Waals surface area contributed by atoms with Crippen LogP contribution in [0.1, 0.15) is 11.3 Å². The van der Waals surface area contributed by atoms with Crippen LogP contribution in [0, 0.1) is 0 Å². The van der Waals surface area contributed by atoms with Crippen LogP contribution in [0.2, 0.25) is 0 Å². The highest BCUT2D eigenvalue weighted by Crippen LogP contribution is 2.29. The zero-order valence-electron chi connectivity index (χ0n) is 9.36. The van der Waals surface area contributed by atoms with Crippen molar-refractivity contribution in [1.82, 2.24) is 0 Å². The standard InChI is InChI=1S/C13H14BrNOS/c14-11-3-4-13(10(8-11)5-6-15)17-9-12-2-1-7-16-12/h1-4,7-8H,5-6,9,15H2. The molecule has 0 spiro atoms. The quantitative estimate of drug-likeness (QED) is 0.853. The van der Waals surface area contributed by atoms with Gasteiger partial charge in [0.25, 0.3) is 0 Å². The SMILES string of the molecule is NCCc1cc(Br)ccc1SCc1ccco1. The summed E-state index contributed by atoms with van der Waals surface area (Å²) >= 11 is 5.27. The molecule has 0 saturated heterocycles. The molecule has 0 aliphatic rings. The molecule has 1 aromatic carbocycles. The monoisotopic (exact) mass is 311 g/mol. The Balaban J connectivity index is 2.08. The molecule has 0 aliphatic carbocycles. The van der Waals surface area contributed by atoms with E-state index in [0.29, 0.717) is 6.54 Å². The molecular formula is C13H14BrNOS. The molecular weight excluding hydrogens is 298 g/mol. The Morgan fingerprint density at radius 2 is 2.18 bits per heavy atom. The molecule has 0 radical (unpaired) electrons. The van der Waals surface area contributed by atoms with Crippen LogP contribution in [0.4, 0.5) is 0 Å². The summed E-state index contributed by atoms with van der Waals surface area (Å²) in [7, 11) is 0. The number of furan rings is 1. The van der Waals surface area contributed by atoms with Gasteiger partial charge in [-0.25, -0.2) is 0 Å². The number of halogens is 1. The molecule has 1 heterocycles. The third kappa shape index (κ3) is 3.63. The highest BCUT2D eigenvalue weighted by atomic mass is 79.9. The Morgan fingerprint density at radius 3 is 2.88 bits per heavy atom. The van der Waals surface area contributed by atoms with E-state index in [1.807, 2.05) is 12.1 Å². The van der Waals surface area contributed by atoms with Crippen LogP contribution in [0.3, 0.4) is 0 Å². The van der Waals surface area contributed by atoms with Crippen LogP contribution in [-0.2, 0) is 12.2 Å². The minimum Gasteiger partial charge on any atom is -0.468 e. The van der Waals surface area contributed by atoms with Gasteiger partial charge in [0.1, 0.15) is 5.76 Å². The van der Waals surface area contributed by atoms with Crippen LogP contribution in [-0.4, -0.2) is 6.54 Å². The van der Waals surface area contributed by atoms with E-state index in [0.717, 1.165) is 22.4 Å². The van der Waals surface area contributed by atoms with Gasteiger partial charge in [-0.05, 0) is 48.9 Å². The highest BCUT2D eigenvalue weighted by Gasteiger charge is 2.05. The normalized spacial score (nSPS) is 10.7. The highest BCUT2D eigenvalue weighted by molar-refractivity contribution is 9.10. The molecule has 0 atom stereocenters. The summed E-state index contributed by atoms with van der Waals surface area (Å²) in [5, 5.41) is 0. The molecule has 2 nitrogen and oxygen atoms in total. The maximum atomic E-state index is 5.63. The van der Waals surface area contributed by atoms with Gasteiger partial charge in [0.15, 0.2) is 0 Å². The largest absolute Gasteiger partial charge is 0.468 e. The summed E-state index contributed by atoms with van der Waals surface area (Å²) in [6, 6.07) is 10.2. The molecule has 2 aromatic rings. The molecule has 0 bridgehead atoms. The zero-order valence-corrected chi connectivity index (χ0v) is 11.8. The first-order valence-electron chi connectivity index (χ1n) is 5.43. The first kappa shape index (κ1) is 12.7. The Morgan fingerprint density at radius 1 is 1.29 bits per heavy atom. The Kier molecular flexibility index (Phi) is 4.71. The van der Waals surface area contributed by atoms with Gasteiger partial charge in [0.05, 0.1) is 12.0 Å². The molecule has 0 aliphatic heterocycles. The van der Waals surface area contributed by atoms with Crippen molar-refractivity contribution in [2.24, 2.45) is 5.73 Å². The fourth-order valence-electron chi connectivity index (χ4n) is 1.58. The summed E-state index contributed by atoms with van der Waals surface area (Å²) < 4.78 is 6.42. The Hall–Kier alpha value is -0.710. The number of hydrogen-bond acceptors (Lipinski definition) is 3. The molecule has 4 heteroatoms. The van der Waals surface area contributed by atoms with Gasteiger partial charge in [-0.3, -0.25) is 0 Å².